The standard InChI is InChI=1S/C21H24N4O2/c1-27-17-9-6-16(7-10-17)8-11-20(26)24-12-14-25(15-13-24)21-22-18-4-2-3-5-19(18)23-21/h2-7,9-10H,8,11-15H2,1H3,(H,22,23). The van der Waals surface area contributed by atoms with Crippen LogP contribution in [-0.2, 0) is 11.2 Å². The first kappa shape index (κ1) is 17.4. The predicted molar refractivity (Wildman–Crippen MR) is 106 cm³/mol. The lowest BCUT2D eigenvalue weighted by Crippen LogP contribution is -2.49. The molecule has 0 saturated carbocycles. The van der Waals surface area contributed by atoms with Crippen molar-refractivity contribution in [1.29, 1.82) is 0 Å². The zero-order chi connectivity index (χ0) is 18.6. The van der Waals surface area contributed by atoms with Crippen LogP contribution in [-0.4, -0.2) is 54.1 Å². The van der Waals surface area contributed by atoms with Gasteiger partial charge >= 0.3 is 0 Å². The number of hydrogen-bond donors (Lipinski definition) is 1. The molecule has 27 heavy (non-hydrogen) atoms. The number of methoxy groups -OCH3 is 1. The van der Waals surface area contributed by atoms with Crippen molar-refractivity contribution >= 4 is 22.9 Å². The van der Waals surface area contributed by atoms with Gasteiger partial charge in [0.25, 0.3) is 0 Å². The van der Waals surface area contributed by atoms with Crippen molar-refractivity contribution in [2.75, 3.05) is 38.2 Å². The lowest BCUT2D eigenvalue weighted by molar-refractivity contribution is -0.131. The topological polar surface area (TPSA) is 61.5 Å². The number of carbonyl (C=O) groups excluding carboxylic acids is 1. The van der Waals surface area contributed by atoms with Gasteiger partial charge in [0, 0.05) is 32.6 Å². The predicted octanol–water partition coefficient (Wildman–Crippen LogP) is 2.85. The molecule has 2 aromatic carbocycles. The number of nitrogens with one attached hydrogen (secondary N) is 1. The lowest BCUT2D eigenvalue weighted by atomic mass is 10.1. The lowest BCUT2D eigenvalue weighted by Gasteiger charge is -2.34. The number of amides is 1. The zero-order valence-electron chi connectivity index (χ0n) is 15.5. The number of nitrogens with zero attached hydrogens (tertiary/aromatic N) is 3. The number of piperazine rings is 1. The van der Waals surface area contributed by atoms with Crippen LogP contribution in [0.5, 0.6) is 5.75 Å². The first-order valence-electron chi connectivity index (χ1n) is 9.33. The van der Waals surface area contributed by atoms with Gasteiger partial charge in [-0.1, -0.05) is 24.3 Å². The fourth-order valence-corrected chi connectivity index (χ4v) is 3.46. The minimum atomic E-state index is 0.218. The molecular formula is C21H24N4O2. The summed E-state index contributed by atoms with van der Waals surface area (Å²) in [6.45, 7) is 3.07. The van der Waals surface area contributed by atoms with Crippen LogP contribution >= 0.6 is 0 Å². The normalized spacial score (nSPS) is 14.6. The quantitative estimate of drug-likeness (QED) is 0.756. The maximum Gasteiger partial charge on any atom is 0.223 e. The van der Waals surface area contributed by atoms with Gasteiger partial charge in [0.05, 0.1) is 18.1 Å². The third-order valence-corrected chi connectivity index (χ3v) is 5.10. The maximum absolute atomic E-state index is 12.5. The molecule has 4 rings (SSSR count). The molecule has 3 aromatic rings. The molecule has 1 amide bonds. The zero-order valence-corrected chi connectivity index (χ0v) is 15.5. The fourth-order valence-electron chi connectivity index (χ4n) is 3.46. The number of ether oxygens (including phenoxy) is 1. The van der Waals surface area contributed by atoms with Crippen LogP contribution in [0.3, 0.4) is 0 Å². The van der Waals surface area contributed by atoms with Crippen molar-refractivity contribution in [3.8, 4) is 5.75 Å². The highest BCUT2D eigenvalue weighted by Crippen LogP contribution is 2.19. The van der Waals surface area contributed by atoms with Crippen molar-refractivity contribution in [2.45, 2.75) is 12.8 Å². The Bertz CT molecular complexity index is 878. The molecule has 0 atom stereocenters. The van der Waals surface area contributed by atoms with Gasteiger partial charge in [-0.05, 0) is 36.2 Å². The van der Waals surface area contributed by atoms with Gasteiger partial charge in [-0.25, -0.2) is 4.98 Å². The van der Waals surface area contributed by atoms with Gasteiger partial charge in [0.15, 0.2) is 0 Å². The van der Waals surface area contributed by atoms with Gasteiger partial charge in [0.2, 0.25) is 11.9 Å². The SMILES string of the molecule is COc1ccc(CCC(=O)N2CCN(c3nc4ccccc4[nH]3)CC2)cc1. The molecule has 1 aromatic heterocycles. The first-order chi connectivity index (χ1) is 13.2. The number of rotatable bonds is 5. The molecule has 1 fully saturated rings. The van der Waals surface area contributed by atoms with Gasteiger partial charge in [0.1, 0.15) is 5.75 Å². The molecule has 0 radical (unpaired) electrons. The summed E-state index contributed by atoms with van der Waals surface area (Å²) in [4.78, 5) is 24.7. The molecule has 0 bridgehead atoms. The summed E-state index contributed by atoms with van der Waals surface area (Å²) in [5, 5.41) is 0. The molecule has 0 unspecified atom stereocenters. The number of imidazole rings is 1. The number of aromatic nitrogens is 2. The molecule has 1 N–H and O–H groups in total. The highest BCUT2D eigenvalue weighted by molar-refractivity contribution is 5.78. The average molecular weight is 364 g/mol. The number of carbonyl (C=O) groups is 1. The molecule has 140 valence electrons. The molecule has 6 heteroatoms. The Hall–Kier alpha value is -3.02. The van der Waals surface area contributed by atoms with Crippen LogP contribution in [0.25, 0.3) is 11.0 Å². The van der Waals surface area contributed by atoms with E-state index in [2.05, 4.69) is 14.9 Å². The number of H-pyrrole nitrogens is 1. The number of aromatic amines is 1. The monoisotopic (exact) mass is 364 g/mol. The third-order valence-electron chi connectivity index (χ3n) is 5.10. The Morgan fingerprint density at radius 1 is 1.07 bits per heavy atom. The Morgan fingerprint density at radius 2 is 1.81 bits per heavy atom. The second kappa shape index (κ2) is 7.70. The molecule has 6 nitrogen and oxygen atoms in total. The third kappa shape index (κ3) is 3.89. The van der Waals surface area contributed by atoms with Crippen LogP contribution in [0.4, 0.5) is 5.95 Å². The van der Waals surface area contributed by atoms with E-state index in [9.17, 15) is 4.79 Å². The summed E-state index contributed by atoms with van der Waals surface area (Å²) >= 11 is 0. The van der Waals surface area contributed by atoms with Crippen molar-refractivity contribution in [2.24, 2.45) is 0 Å². The first-order valence-corrected chi connectivity index (χ1v) is 9.33. The Kier molecular flexibility index (Phi) is 4.96. The van der Waals surface area contributed by atoms with Crippen LogP contribution < -0.4 is 9.64 Å². The van der Waals surface area contributed by atoms with E-state index in [-0.39, 0.29) is 5.91 Å². The van der Waals surface area contributed by atoms with E-state index >= 15 is 0 Å². The summed E-state index contributed by atoms with van der Waals surface area (Å²) in [5.74, 6) is 1.95. The minimum absolute atomic E-state index is 0.218. The molecule has 1 aliphatic rings. The number of fused-ring (bicyclic) bond motifs is 1. The molecular weight excluding hydrogens is 340 g/mol. The van der Waals surface area contributed by atoms with Crippen LogP contribution in [0.15, 0.2) is 48.5 Å². The van der Waals surface area contributed by atoms with E-state index in [1.165, 1.54) is 0 Å². The van der Waals surface area contributed by atoms with E-state index in [0.717, 1.165) is 60.9 Å². The van der Waals surface area contributed by atoms with Crippen molar-refractivity contribution in [3.63, 3.8) is 0 Å². The van der Waals surface area contributed by atoms with E-state index < -0.39 is 0 Å². The van der Waals surface area contributed by atoms with E-state index in [4.69, 9.17) is 4.74 Å². The number of benzene rings is 2. The van der Waals surface area contributed by atoms with Crippen molar-refractivity contribution in [3.05, 3.63) is 54.1 Å². The molecule has 1 aliphatic heterocycles. The van der Waals surface area contributed by atoms with Gasteiger partial charge in [-0.2, -0.15) is 0 Å². The molecule has 0 spiro atoms. The second-order valence-electron chi connectivity index (χ2n) is 6.79. The Labute approximate surface area is 158 Å². The summed E-state index contributed by atoms with van der Waals surface area (Å²) in [7, 11) is 1.66. The van der Waals surface area contributed by atoms with Gasteiger partial charge < -0.3 is 19.5 Å². The number of aryl methyl sites for hydroxylation is 1. The highest BCUT2D eigenvalue weighted by Gasteiger charge is 2.22. The van der Waals surface area contributed by atoms with E-state index in [0.29, 0.717) is 6.42 Å². The second-order valence-corrected chi connectivity index (χ2v) is 6.79. The van der Waals surface area contributed by atoms with Crippen molar-refractivity contribution in [1.82, 2.24) is 14.9 Å². The van der Waals surface area contributed by atoms with Crippen LogP contribution in [0.1, 0.15) is 12.0 Å². The summed E-state index contributed by atoms with van der Waals surface area (Å²) in [6.07, 6.45) is 1.30. The molecule has 1 saturated heterocycles. The number of hydrogen-bond acceptors (Lipinski definition) is 4. The van der Waals surface area contributed by atoms with Crippen molar-refractivity contribution < 1.29 is 9.53 Å². The summed E-state index contributed by atoms with van der Waals surface area (Å²) < 4.78 is 5.17. The summed E-state index contributed by atoms with van der Waals surface area (Å²) in [5.41, 5.74) is 3.18. The summed E-state index contributed by atoms with van der Waals surface area (Å²) in [6, 6.07) is 15.9. The number of para-hydroxylation sites is 2. The smallest absolute Gasteiger partial charge is 0.223 e. The fraction of sp³-hybridized carbons (Fsp3) is 0.333. The van der Waals surface area contributed by atoms with Gasteiger partial charge in [-0.3, -0.25) is 4.79 Å². The Morgan fingerprint density at radius 3 is 2.52 bits per heavy atom. The average Bonchev–Trinajstić information content (AvgIpc) is 3.17. The van der Waals surface area contributed by atoms with Gasteiger partial charge in [-0.15, -0.1) is 0 Å². The van der Waals surface area contributed by atoms with Crippen LogP contribution in [0.2, 0.25) is 0 Å². The molecule has 2 heterocycles. The van der Waals surface area contributed by atoms with E-state index in [1.54, 1.807) is 7.11 Å². The van der Waals surface area contributed by atoms with Crippen LogP contribution in [0, 0.1) is 0 Å². The largest absolute Gasteiger partial charge is 0.497 e. The minimum Gasteiger partial charge on any atom is -0.497 e. The maximum atomic E-state index is 12.5. The van der Waals surface area contributed by atoms with E-state index in [1.807, 2.05) is 53.4 Å². The molecule has 0 aliphatic carbocycles. The highest BCUT2D eigenvalue weighted by atomic mass is 16.5. The Balaban J connectivity index is 1.29. The number of anilines is 1.